The number of hydrogen-bond donors (Lipinski definition) is 1. The van der Waals surface area contributed by atoms with Crippen molar-refractivity contribution in [2.24, 2.45) is 11.7 Å². The molecular formula is C15H25N5O. The summed E-state index contributed by atoms with van der Waals surface area (Å²) in [6, 6.07) is 0.338. The van der Waals surface area contributed by atoms with Gasteiger partial charge < -0.3 is 10.3 Å². The van der Waals surface area contributed by atoms with Crippen LogP contribution in [0.15, 0.2) is 4.52 Å². The van der Waals surface area contributed by atoms with Crippen LogP contribution in [0.4, 0.5) is 0 Å². The summed E-state index contributed by atoms with van der Waals surface area (Å²) < 4.78 is 5.60. The SMILES string of the molecule is NCC1CCC(c2nc(C3CN4CCN3CC4)no2)CC1. The fraction of sp³-hybridized carbons (Fsp3) is 0.867. The number of nitrogens with zero attached hydrogens (tertiary/aromatic N) is 4. The van der Waals surface area contributed by atoms with Crippen molar-refractivity contribution in [3.05, 3.63) is 11.7 Å². The van der Waals surface area contributed by atoms with Crippen LogP contribution in [0.25, 0.3) is 0 Å². The Kier molecular flexibility index (Phi) is 3.69. The molecule has 2 bridgehead atoms. The molecule has 1 aliphatic carbocycles. The van der Waals surface area contributed by atoms with Gasteiger partial charge in [-0.05, 0) is 38.1 Å². The third-order valence-electron chi connectivity index (χ3n) is 5.56. The Labute approximate surface area is 125 Å². The first-order valence-corrected chi connectivity index (χ1v) is 8.33. The lowest BCUT2D eigenvalue weighted by molar-refractivity contribution is 0.00781. The molecule has 5 rings (SSSR count). The molecule has 3 aliphatic heterocycles. The highest BCUT2D eigenvalue weighted by Gasteiger charge is 2.36. The molecule has 2 N–H and O–H groups in total. The van der Waals surface area contributed by atoms with E-state index in [4.69, 9.17) is 15.2 Å². The first kappa shape index (κ1) is 13.7. The van der Waals surface area contributed by atoms with E-state index >= 15 is 0 Å². The van der Waals surface area contributed by atoms with Crippen LogP contribution in [0, 0.1) is 5.92 Å². The van der Waals surface area contributed by atoms with Gasteiger partial charge in [-0.3, -0.25) is 9.80 Å². The van der Waals surface area contributed by atoms with E-state index in [1.807, 2.05) is 0 Å². The molecule has 0 aromatic carbocycles. The Bertz CT molecular complexity index is 474. The number of fused-ring (bicyclic) bond motifs is 3. The topological polar surface area (TPSA) is 71.4 Å². The van der Waals surface area contributed by atoms with E-state index < -0.39 is 0 Å². The Hall–Kier alpha value is -0.980. The van der Waals surface area contributed by atoms with Gasteiger partial charge in [-0.15, -0.1) is 0 Å². The highest BCUT2D eigenvalue weighted by Crippen LogP contribution is 2.35. The standard InChI is InChI=1S/C15H25N5O/c16-9-11-1-3-12(4-2-11)15-17-14(18-21-15)13-10-19-5-7-20(13)8-6-19/h11-13H,1-10,16H2. The van der Waals surface area contributed by atoms with E-state index in [0.29, 0.717) is 17.9 Å². The minimum Gasteiger partial charge on any atom is -0.339 e. The maximum atomic E-state index is 5.76. The zero-order valence-electron chi connectivity index (χ0n) is 12.6. The van der Waals surface area contributed by atoms with Crippen LogP contribution < -0.4 is 5.73 Å². The fourth-order valence-electron chi connectivity index (χ4n) is 4.06. The molecule has 0 spiro atoms. The van der Waals surface area contributed by atoms with Gasteiger partial charge >= 0.3 is 0 Å². The molecule has 1 atom stereocenters. The number of hydrogen-bond acceptors (Lipinski definition) is 6. The molecule has 1 aromatic heterocycles. The molecule has 4 fully saturated rings. The van der Waals surface area contributed by atoms with Crippen LogP contribution in [0.3, 0.4) is 0 Å². The number of rotatable bonds is 3. The van der Waals surface area contributed by atoms with Crippen molar-refractivity contribution in [2.45, 2.75) is 37.6 Å². The van der Waals surface area contributed by atoms with Gasteiger partial charge in [0.05, 0.1) is 6.04 Å². The maximum Gasteiger partial charge on any atom is 0.229 e. The van der Waals surface area contributed by atoms with Crippen LogP contribution in [0.1, 0.15) is 49.4 Å². The van der Waals surface area contributed by atoms with E-state index in [0.717, 1.165) is 50.7 Å². The summed E-state index contributed by atoms with van der Waals surface area (Å²) in [7, 11) is 0. The molecule has 4 heterocycles. The minimum absolute atomic E-state index is 0.338. The zero-order chi connectivity index (χ0) is 14.2. The normalized spacial score (nSPS) is 39.6. The van der Waals surface area contributed by atoms with E-state index in [1.54, 1.807) is 0 Å². The van der Waals surface area contributed by atoms with Gasteiger partial charge in [-0.2, -0.15) is 4.98 Å². The van der Waals surface area contributed by atoms with E-state index in [-0.39, 0.29) is 0 Å². The van der Waals surface area contributed by atoms with Crippen molar-refractivity contribution in [1.29, 1.82) is 0 Å². The van der Waals surface area contributed by atoms with Crippen LogP contribution in [0.2, 0.25) is 0 Å². The molecule has 4 aliphatic rings. The van der Waals surface area contributed by atoms with E-state index in [2.05, 4.69) is 15.0 Å². The van der Waals surface area contributed by atoms with Crippen LogP contribution in [0.5, 0.6) is 0 Å². The maximum absolute atomic E-state index is 5.76. The number of nitrogens with two attached hydrogens (primary N) is 1. The van der Waals surface area contributed by atoms with E-state index in [1.165, 1.54) is 25.9 Å². The average Bonchev–Trinajstić information content (AvgIpc) is 3.06. The van der Waals surface area contributed by atoms with Crippen molar-refractivity contribution >= 4 is 0 Å². The van der Waals surface area contributed by atoms with Crippen molar-refractivity contribution in [1.82, 2.24) is 19.9 Å². The average molecular weight is 291 g/mol. The van der Waals surface area contributed by atoms with Gasteiger partial charge in [-0.25, -0.2) is 0 Å². The van der Waals surface area contributed by atoms with Gasteiger partial charge in [0.2, 0.25) is 5.89 Å². The van der Waals surface area contributed by atoms with Gasteiger partial charge in [0, 0.05) is 38.6 Å². The third-order valence-corrected chi connectivity index (χ3v) is 5.56. The lowest BCUT2D eigenvalue weighted by atomic mass is 9.82. The largest absolute Gasteiger partial charge is 0.339 e. The zero-order valence-corrected chi connectivity index (χ0v) is 12.6. The van der Waals surface area contributed by atoms with Gasteiger partial charge in [0.15, 0.2) is 5.82 Å². The smallest absolute Gasteiger partial charge is 0.229 e. The lowest BCUT2D eigenvalue weighted by Crippen LogP contribution is -2.57. The van der Waals surface area contributed by atoms with Crippen molar-refractivity contribution < 1.29 is 4.52 Å². The molecule has 21 heavy (non-hydrogen) atoms. The lowest BCUT2D eigenvalue weighted by Gasteiger charge is -2.46. The highest BCUT2D eigenvalue weighted by molar-refractivity contribution is 5.04. The molecule has 1 unspecified atom stereocenters. The second kappa shape index (κ2) is 5.66. The predicted octanol–water partition coefficient (Wildman–Crippen LogP) is 0.974. The van der Waals surface area contributed by atoms with Crippen molar-refractivity contribution in [3.8, 4) is 0 Å². The van der Waals surface area contributed by atoms with Gasteiger partial charge in [-0.1, -0.05) is 5.16 Å². The van der Waals surface area contributed by atoms with Gasteiger partial charge in [0.25, 0.3) is 0 Å². The predicted molar refractivity (Wildman–Crippen MR) is 78.8 cm³/mol. The van der Waals surface area contributed by atoms with Crippen molar-refractivity contribution in [2.75, 3.05) is 39.3 Å². The summed E-state index contributed by atoms with van der Waals surface area (Å²) in [4.78, 5) is 9.76. The summed E-state index contributed by atoms with van der Waals surface area (Å²) in [6.45, 7) is 6.51. The molecule has 0 amide bonds. The Morgan fingerprint density at radius 3 is 2.48 bits per heavy atom. The van der Waals surface area contributed by atoms with Crippen molar-refractivity contribution in [3.63, 3.8) is 0 Å². The molecule has 116 valence electrons. The quantitative estimate of drug-likeness (QED) is 0.895. The minimum atomic E-state index is 0.338. The molecule has 1 saturated carbocycles. The summed E-state index contributed by atoms with van der Waals surface area (Å²) in [5, 5.41) is 4.29. The summed E-state index contributed by atoms with van der Waals surface area (Å²) in [6.07, 6.45) is 4.68. The third kappa shape index (κ3) is 2.60. The molecule has 1 aromatic rings. The molecule has 6 nitrogen and oxygen atoms in total. The van der Waals surface area contributed by atoms with Crippen LogP contribution in [-0.4, -0.2) is 59.2 Å². The Balaban J connectivity index is 1.44. The number of piperazine rings is 3. The van der Waals surface area contributed by atoms with Crippen LogP contribution >= 0.6 is 0 Å². The fourth-order valence-corrected chi connectivity index (χ4v) is 4.06. The van der Waals surface area contributed by atoms with Gasteiger partial charge in [0.1, 0.15) is 0 Å². The second-order valence-electron chi connectivity index (χ2n) is 6.80. The Morgan fingerprint density at radius 2 is 1.86 bits per heavy atom. The highest BCUT2D eigenvalue weighted by atomic mass is 16.5. The summed E-state index contributed by atoms with van der Waals surface area (Å²) >= 11 is 0. The first-order chi connectivity index (χ1) is 10.3. The number of aromatic nitrogens is 2. The second-order valence-corrected chi connectivity index (χ2v) is 6.80. The molecule has 0 radical (unpaired) electrons. The first-order valence-electron chi connectivity index (χ1n) is 8.33. The van der Waals surface area contributed by atoms with Crippen LogP contribution in [-0.2, 0) is 0 Å². The Morgan fingerprint density at radius 1 is 1.10 bits per heavy atom. The van der Waals surface area contributed by atoms with E-state index in [9.17, 15) is 0 Å². The molecular weight excluding hydrogens is 266 g/mol. The molecule has 6 heteroatoms. The summed E-state index contributed by atoms with van der Waals surface area (Å²) in [5.74, 6) is 2.90. The molecule has 3 saturated heterocycles. The summed E-state index contributed by atoms with van der Waals surface area (Å²) in [5.41, 5.74) is 5.76. The monoisotopic (exact) mass is 291 g/mol.